The fourth-order valence-corrected chi connectivity index (χ4v) is 2.64. The van der Waals surface area contributed by atoms with Gasteiger partial charge in [0.15, 0.2) is 0 Å². The molecule has 0 aliphatic heterocycles. The number of nitrogens with one attached hydrogen (secondary N) is 1. The second kappa shape index (κ2) is 5.71. The third-order valence-electron chi connectivity index (χ3n) is 4.09. The Balaban J connectivity index is 2.19. The molecule has 3 nitrogen and oxygen atoms in total. The van der Waals surface area contributed by atoms with Gasteiger partial charge in [-0.05, 0) is 43.4 Å². The minimum Gasteiger partial charge on any atom is -0.378 e. The molecule has 1 atom stereocenters. The van der Waals surface area contributed by atoms with E-state index in [4.69, 9.17) is 10.6 Å². The number of methoxy groups -OCH3 is 1. The first kappa shape index (κ1) is 15.3. The molecule has 1 aromatic rings. The molecule has 0 aromatic heterocycles. The second-order valence-electron chi connectivity index (χ2n) is 5.29. The summed E-state index contributed by atoms with van der Waals surface area (Å²) in [6, 6.07) is 4.92. The molecule has 0 spiro atoms. The maximum absolute atomic E-state index is 12.7. The Hall–Kier alpha value is -1.11. The Kier molecular flexibility index (Phi) is 4.36. The van der Waals surface area contributed by atoms with Crippen LogP contribution >= 0.6 is 0 Å². The summed E-state index contributed by atoms with van der Waals surface area (Å²) >= 11 is 0. The first-order valence-corrected chi connectivity index (χ1v) is 6.59. The predicted octanol–water partition coefficient (Wildman–Crippen LogP) is 3.17. The highest BCUT2D eigenvalue weighted by molar-refractivity contribution is 5.28. The van der Waals surface area contributed by atoms with Crippen LogP contribution in [0, 0.1) is 0 Å². The van der Waals surface area contributed by atoms with Crippen molar-refractivity contribution in [3.05, 3.63) is 35.4 Å². The van der Waals surface area contributed by atoms with Gasteiger partial charge in [-0.15, -0.1) is 0 Å². The molecule has 0 amide bonds. The molecule has 1 saturated carbocycles. The number of benzene rings is 1. The molecular formula is C14H19F3N2O. The Morgan fingerprint density at radius 1 is 1.40 bits per heavy atom. The topological polar surface area (TPSA) is 47.3 Å². The number of rotatable bonds is 5. The Morgan fingerprint density at radius 3 is 2.55 bits per heavy atom. The van der Waals surface area contributed by atoms with Gasteiger partial charge >= 0.3 is 6.18 Å². The number of hydrogen-bond donors (Lipinski definition) is 2. The van der Waals surface area contributed by atoms with Gasteiger partial charge < -0.3 is 4.74 Å². The highest BCUT2D eigenvalue weighted by Gasteiger charge is 2.39. The van der Waals surface area contributed by atoms with E-state index in [0.29, 0.717) is 12.0 Å². The maximum atomic E-state index is 12.7. The zero-order valence-electron chi connectivity index (χ0n) is 11.3. The predicted molar refractivity (Wildman–Crippen MR) is 69.7 cm³/mol. The Bertz CT molecular complexity index is 452. The quantitative estimate of drug-likeness (QED) is 0.646. The molecule has 1 unspecified atom stereocenters. The summed E-state index contributed by atoms with van der Waals surface area (Å²) in [6.45, 7) is 0. The van der Waals surface area contributed by atoms with E-state index in [9.17, 15) is 13.2 Å². The maximum Gasteiger partial charge on any atom is 0.416 e. The van der Waals surface area contributed by atoms with E-state index in [0.717, 1.165) is 31.4 Å². The summed E-state index contributed by atoms with van der Waals surface area (Å²) in [6.07, 6.45) is -0.860. The molecule has 0 saturated heterocycles. The number of halogens is 3. The van der Waals surface area contributed by atoms with E-state index in [1.807, 2.05) is 0 Å². The van der Waals surface area contributed by atoms with E-state index in [-0.39, 0.29) is 11.6 Å². The smallest absolute Gasteiger partial charge is 0.378 e. The SMILES string of the molecule is COC1(CC(NN)c2cccc(C(F)(F)F)c2)CCC1. The summed E-state index contributed by atoms with van der Waals surface area (Å²) in [5, 5.41) is 0. The molecule has 0 radical (unpaired) electrons. The van der Waals surface area contributed by atoms with Crippen molar-refractivity contribution in [3.63, 3.8) is 0 Å². The lowest BCUT2D eigenvalue weighted by molar-refractivity contribution is -0.137. The van der Waals surface area contributed by atoms with Gasteiger partial charge in [0.05, 0.1) is 11.2 Å². The van der Waals surface area contributed by atoms with Crippen LogP contribution in [0.1, 0.15) is 42.9 Å². The van der Waals surface area contributed by atoms with Crippen molar-refractivity contribution in [2.75, 3.05) is 7.11 Å². The summed E-state index contributed by atoms with van der Waals surface area (Å²) in [4.78, 5) is 0. The van der Waals surface area contributed by atoms with Crippen LogP contribution in [0.5, 0.6) is 0 Å². The van der Waals surface area contributed by atoms with Crippen molar-refractivity contribution in [2.24, 2.45) is 5.84 Å². The van der Waals surface area contributed by atoms with Crippen molar-refractivity contribution in [1.29, 1.82) is 0 Å². The Labute approximate surface area is 116 Å². The first-order valence-electron chi connectivity index (χ1n) is 6.59. The van der Waals surface area contributed by atoms with Crippen LogP contribution < -0.4 is 11.3 Å². The molecule has 1 aromatic carbocycles. The first-order chi connectivity index (χ1) is 9.40. The third-order valence-corrected chi connectivity index (χ3v) is 4.09. The van der Waals surface area contributed by atoms with Crippen molar-refractivity contribution in [1.82, 2.24) is 5.43 Å². The van der Waals surface area contributed by atoms with Gasteiger partial charge in [-0.25, -0.2) is 0 Å². The van der Waals surface area contributed by atoms with E-state index in [2.05, 4.69) is 5.43 Å². The van der Waals surface area contributed by atoms with Gasteiger partial charge in [0.25, 0.3) is 0 Å². The van der Waals surface area contributed by atoms with Crippen LogP contribution in [-0.2, 0) is 10.9 Å². The van der Waals surface area contributed by atoms with Crippen molar-refractivity contribution >= 4 is 0 Å². The molecule has 20 heavy (non-hydrogen) atoms. The molecule has 112 valence electrons. The number of alkyl halides is 3. The van der Waals surface area contributed by atoms with Gasteiger partial charge in [0, 0.05) is 13.2 Å². The van der Waals surface area contributed by atoms with Crippen LogP contribution in [0.25, 0.3) is 0 Å². The highest BCUT2D eigenvalue weighted by atomic mass is 19.4. The monoisotopic (exact) mass is 288 g/mol. The van der Waals surface area contributed by atoms with E-state index < -0.39 is 11.7 Å². The van der Waals surface area contributed by atoms with Crippen molar-refractivity contribution in [2.45, 2.75) is 43.5 Å². The average molecular weight is 288 g/mol. The summed E-state index contributed by atoms with van der Waals surface area (Å²) in [5.74, 6) is 5.52. The summed E-state index contributed by atoms with van der Waals surface area (Å²) in [5.41, 5.74) is 2.23. The molecule has 0 heterocycles. The Morgan fingerprint density at radius 2 is 2.10 bits per heavy atom. The minimum absolute atomic E-state index is 0.259. The largest absolute Gasteiger partial charge is 0.416 e. The lowest BCUT2D eigenvalue weighted by atomic mass is 9.74. The average Bonchev–Trinajstić information content (AvgIpc) is 2.38. The standard InChI is InChI=1S/C14H19F3N2O/c1-20-13(6-3-7-13)9-12(19-18)10-4-2-5-11(8-10)14(15,16)17/h2,4-5,8,12,19H,3,6-7,9,18H2,1H3. The molecule has 0 bridgehead atoms. The third kappa shape index (κ3) is 3.13. The fraction of sp³-hybridized carbons (Fsp3) is 0.571. The van der Waals surface area contributed by atoms with Gasteiger partial charge in [-0.3, -0.25) is 11.3 Å². The van der Waals surface area contributed by atoms with Gasteiger partial charge in [0.1, 0.15) is 0 Å². The fourth-order valence-electron chi connectivity index (χ4n) is 2.64. The van der Waals surface area contributed by atoms with Gasteiger partial charge in [0.2, 0.25) is 0 Å². The second-order valence-corrected chi connectivity index (χ2v) is 5.29. The minimum atomic E-state index is -4.34. The molecular weight excluding hydrogens is 269 g/mol. The number of ether oxygens (including phenoxy) is 1. The summed E-state index contributed by atoms with van der Waals surface area (Å²) < 4.78 is 43.7. The van der Waals surface area contributed by atoms with Crippen molar-refractivity contribution < 1.29 is 17.9 Å². The normalized spacial score (nSPS) is 19.4. The lowest BCUT2D eigenvalue weighted by Crippen LogP contribution is -2.44. The van der Waals surface area contributed by atoms with Gasteiger partial charge in [-0.2, -0.15) is 13.2 Å². The van der Waals surface area contributed by atoms with Crippen LogP contribution in [0.2, 0.25) is 0 Å². The van der Waals surface area contributed by atoms with Crippen molar-refractivity contribution in [3.8, 4) is 0 Å². The zero-order chi connectivity index (χ0) is 14.8. The molecule has 3 N–H and O–H groups in total. The number of hydrazine groups is 1. The number of hydrogen-bond acceptors (Lipinski definition) is 3. The van der Waals surface area contributed by atoms with Gasteiger partial charge in [-0.1, -0.05) is 12.1 Å². The zero-order valence-corrected chi connectivity index (χ0v) is 11.3. The van der Waals surface area contributed by atoms with Crippen LogP contribution in [0.15, 0.2) is 24.3 Å². The van der Waals surface area contributed by atoms with E-state index in [1.54, 1.807) is 13.2 Å². The summed E-state index contributed by atoms with van der Waals surface area (Å²) in [7, 11) is 1.64. The molecule has 1 aliphatic carbocycles. The number of nitrogens with two attached hydrogens (primary N) is 1. The molecule has 1 aliphatic rings. The van der Waals surface area contributed by atoms with Crippen LogP contribution in [0.3, 0.4) is 0 Å². The lowest BCUT2D eigenvalue weighted by Gasteiger charge is -2.42. The molecule has 2 rings (SSSR count). The molecule has 6 heteroatoms. The van der Waals surface area contributed by atoms with Crippen LogP contribution in [0.4, 0.5) is 13.2 Å². The molecule has 1 fully saturated rings. The van der Waals surface area contributed by atoms with E-state index >= 15 is 0 Å². The van der Waals surface area contributed by atoms with Crippen LogP contribution in [-0.4, -0.2) is 12.7 Å². The highest BCUT2D eigenvalue weighted by Crippen LogP contribution is 2.42. The van der Waals surface area contributed by atoms with E-state index in [1.165, 1.54) is 6.07 Å².